The quantitative estimate of drug-likeness (QED) is 0.195. The maximum absolute atomic E-state index is 13.4. The lowest BCUT2D eigenvalue weighted by atomic mass is 10.2. The van der Waals surface area contributed by atoms with Crippen molar-refractivity contribution in [3.05, 3.63) is 118 Å². The molecule has 194 valence electrons. The molecule has 38 heavy (non-hydrogen) atoms. The van der Waals surface area contributed by atoms with Gasteiger partial charge in [0, 0.05) is 28.7 Å². The molecule has 0 saturated heterocycles. The van der Waals surface area contributed by atoms with E-state index >= 15 is 0 Å². The maximum atomic E-state index is 13.4. The van der Waals surface area contributed by atoms with Crippen LogP contribution in [-0.2, 0) is 14.8 Å². The van der Waals surface area contributed by atoms with E-state index in [1.54, 1.807) is 6.07 Å². The minimum Gasteiger partial charge on any atom is -0.318 e. The zero-order valence-corrected chi connectivity index (χ0v) is 21.5. The number of hydrazone groups is 1. The molecule has 11 heteroatoms. The third kappa shape index (κ3) is 5.47. The van der Waals surface area contributed by atoms with Crippen LogP contribution in [0, 0.1) is 24.0 Å². The molecular formula is C27H25N5O5S. The highest BCUT2D eigenvalue weighted by Gasteiger charge is 2.31. The summed E-state index contributed by atoms with van der Waals surface area (Å²) in [7, 11) is -4.31. The predicted molar refractivity (Wildman–Crippen MR) is 145 cm³/mol. The van der Waals surface area contributed by atoms with Crippen LogP contribution in [0.3, 0.4) is 0 Å². The van der Waals surface area contributed by atoms with Crippen molar-refractivity contribution < 1.29 is 18.1 Å². The van der Waals surface area contributed by atoms with Gasteiger partial charge in [-0.1, -0.05) is 48.5 Å². The second-order valence-corrected chi connectivity index (χ2v) is 10.2. The molecule has 4 aromatic rings. The number of carbonyl (C=O) groups excluding carboxylic acids is 1. The van der Waals surface area contributed by atoms with Crippen LogP contribution in [0.5, 0.6) is 0 Å². The number of nitro benzene ring substituents is 1. The number of anilines is 1. The number of rotatable bonds is 9. The molecule has 1 aromatic heterocycles. The molecule has 0 spiro atoms. The smallest absolute Gasteiger partial charge is 0.293 e. The minimum atomic E-state index is -4.31. The van der Waals surface area contributed by atoms with Crippen molar-refractivity contribution >= 4 is 33.5 Å². The highest BCUT2D eigenvalue weighted by molar-refractivity contribution is 7.92. The molecule has 0 aliphatic rings. The average Bonchev–Trinajstić information content (AvgIpc) is 3.20. The van der Waals surface area contributed by atoms with E-state index in [0.717, 1.165) is 22.6 Å². The van der Waals surface area contributed by atoms with Crippen molar-refractivity contribution in [1.82, 2.24) is 9.99 Å². The number of amides is 1. The molecule has 1 N–H and O–H groups in total. The monoisotopic (exact) mass is 531 g/mol. The SMILES string of the molecule is Cc1cc(/C=N/NC(=O)CN(c2ccccc2[N+](=O)[O-])S(=O)(=O)c2ccccc2)c(C)n1-c1ccccc1. The molecule has 0 atom stereocenters. The zero-order chi connectivity index (χ0) is 27.3. The molecule has 1 amide bonds. The third-order valence-corrected chi connectivity index (χ3v) is 7.62. The number of nitro groups is 1. The lowest BCUT2D eigenvalue weighted by Crippen LogP contribution is -2.39. The van der Waals surface area contributed by atoms with Crippen LogP contribution in [0.1, 0.15) is 17.0 Å². The number of para-hydroxylation sites is 3. The molecule has 0 fully saturated rings. The number of hydrogen-bond acceptors (Lipinski definition) is 6. The van der Waals surface area contributed by atoms with Crippen LogP contribution >= 0.6 is 0 Å². The Kier molecular flexibility index (Phi) is 7.68. The Morgan fingerprint density at radius 3 is 2.26 bits per heavy atom. The van der Waals surface area contributed by atoms with Gasteiger partial charge >= 0.3 is 0 Å². The van der Waals surface area contributed by atoms with E-state index in [4.69, 9.17) is 0 Å². The summed E-state index contributed by atoms with van der Waals surface area (Å²) in [4.78, 5) is 23.7. The summed E-state index contributed by atoms with van der Waals surface area (Å²) in [5, 5.41) is 15.6. The van der Waals surface area contributed by atoms with Crippen molar-refractivity contribution in [2.24, 2.45) is 5.10 Å². The summed E-state index contributed by atoms with van der Waals surface area (Å²) in [5.74, 6) is -0.768. The van der Waals surface area contributed by atoms with E-state index in [-0.39, 0.29) is 10.6 Å². The molecule has 0 bridgehead atoms. The summed E-state index contributed by atoms with van der Waals surface area (Å²) in [6.07, 6.45) is 1.47. The van der Waals surface area contributed by atoms with Gasteiger partial charge < -0.3 is 4.57 Å². The number of nitrogens with one attached hydrogen (secondary N) is 1. The highest BCUT2D eigenvalue weighted by Crippen LogP contribution is 2.32. The number of benzene rings is 3. The third-order valence-electron chi connectivity index (χ3n) is 5.84. The van der Waals surface area contributed by atoms with Crippen LogP contribution in [0.4, 0.5) is 11.4 Å². The van der Waals surface area contributed by atoms with Crippen LogP contribution in [-0.4, -0.2) is 36.6 Å². The van der Waals surface area contributed by atoms with Crippen molar-refractivity contribution in [1.29, 1.82) is 0 Å². The topological polar surface area (TPSA) is 127 Å². The first-order chi connectivity index (χ1) is 18.2. The van der Waals surface area contributed by atoms with E-state index in [1.165, 1.54) is 54.7 Å². The molecule has 4 rings (SSSR count). The summed E-state index contributed by atoms with van der Waals surface area (Å²) in [6.45, 7) is 3.16. The van der Waals surface area contributed by atoms with Gasteiger partial charge in [0.2, 0.25) is 0 Å². The number of nitrogens with zero attached hydrogens (tertiary/aromatic N) is 4. The van der Waals surface area contributed by atoms with Gasteiger partial charge in [-0.2, -0.15) is 5.10 Å². The van der Waals surface area contributed by atoms with Crippen molar-refractivity contribution in [3.8, 4) is 5.69 Å². The Hall–Kier alpha value is -4.77. The summed E-state index contributed by atoms with van der Waals surface area (Å²) < 4.78 is 29.6. The number of hydrogen-bond donors (Lipinski definition) is 1. The molecule has 0 unspecified atom stereocenters. The Labute approximate surface area is 220 Å². The van der Waals surface area contributed by atoms with Gasteiger partial charge in [-0.05, 0) is 50.2 Å². The standard InChI is InChI=1S/C27H25N5O5S/c1-20-17-22(21(2)31(20)23-11-5-3-6-12-23)18-28-29-27(33)19-30(25-15-9-10-16-26(25)32(34)35)38(36,37)24-13-7-4-8-14-24/h3-18H,19H2,1-2H3,(H,29,33)/b28-18+. The fourth-order valence-corrected chi connectivity index (χ4v) is 5.54. The Bertz CT molecular complexity index is 1600. The lowest BCUT2D eigenvalue weighted by molar-refractivity contribution is -0.384. The van der Waals surface area contributed by atoms with Gasteiger partial charge in [0.25, 0.3) is 21.6 Å². The Morgan fingerprint density at radius 1 is 1.00 bits per heavy atom. The first-order valence-electron chi connectivity index (χ1n) is 11.6. The van der Waals surface area contributed by atoms with E-state index in [2.05, 4.69) is 10.5 Å². The minimum absolute atomic E-state index is 0.109. The van der Waals surface area contributed by atoms with E-state index < -0.39 is 33.1 Å². The molecule has 0 saturated carbocycles. The van der Waals surface area contributed by atoms with Crippen LogP contribution in [0.15, 0.2) is 101 Å². The Morgan fingerprint density at radius 2 is 1.61 bits per heavy atom. The average molecular weight is 532 g/mol. The van der Waals surface area contributed by atoms with Gasteiger partial charge in [0.1, 0.15) is 12.2 Å². The van der Waals surface area contributed by atoms with E-state index in [0.29, 0.717) is 4.31 Å². The first kappa shape index (κ1) is 26.3. The molecule has 1 heterocycles. The molecule has 0 aliphatic carbocycles. The van der Waals surface area contributed by atoms with Crippen LogP contribution in [0.2, 0.25) is 0 Å². The van der Waals surface area contributed by atoms with E-state index in [9.17, 15) is 23.3 Å². The maximum Gasteiger partial charge on any atom is 0.293 e. The van der Waals surface area contributed by atoms with Crippen molar-refractivity contribution in [2.45, 2.75) is 18.7 Å². The van der Waals surface area contributed by atoms with Gasteiger partial charge in [-0.3, -0.25) is 14.9 Å². The zero-order valence-electron chi connectivity index (χ0n) is 20.7. The molecular weight excluding hydrogens is 506 g/mol. The molecule has 0 aliphatic heterocycles. The number of aromatic nitrogens is 1. The summed E-state index contributed by atoms with van der Waals surface area (Å²) in [5.41, 5.74) is 5.29. The highest BCUT2D eigenvalue weighted by atomic mass is 32.2. The number of aryl methyl sites for hydroxylation is 1. The van der Waals surface area contributed by atoms with Gasteiger partial charge in [-0.15, -0.1) is 0 Å². The number of carbonyl (C=O) groups is 1. The van der Waals surface area contributed by atoms with Crippen molar-refractivity contribution in [3.63, 3.8) is 0 Å². The van der Waals surface area contributed by atoms with Gasteiger partial charge in [-0.25, -0.2) is 18.1 Å². The van der Waals surface area contributed by atoms with Gasteiger partial charge in [0.05, 0.1) is 16.0 Å². The molecule has 0 radical (unpaired) electrons. The molecule has 10 nitrogen and oxygen atoms in total. The second-order valence-electron chi connectivity index (χ2n) is 8.36. The van der Waals surface area contributed by atoms with E-state index in [1.807, 2.05) is 54.8 Å². The lowest BCUT2D eigenvalue weighted by Gasteiger charge is -2.23. The fraction of sp³-hybridized carbons (Fsp3) is 0.111. The van der Waals surface area contributed by atoms with Crippen molar-refractivity contribution in [2.75, 3.05) is 10.8 Å². The Balaban J connectivity index is 1.60. The largest absolute Gasteiger partial charge is 0.318 e. The normalized spacial score (nSPS) is 11.4. The van der Waals surface area contributed by atoms with Crippen LogP contribution in [0.25, 0.3) is 5.69 Å². The fourth-order valence-electron chi connectivity index (χ4n) is 4.08. The summed E-state index contributed by atoms with van der Waals surface area (Å²) >= 11 is 0. The van der Waals surface area contributed by atoms with Gasteiger partial charge in [0.15, 0.2) is 0 Å². The van der Waals surface area contributed by atoms with Crippen LogP contribution < -0.4 is 9.73 Å². The first-order valence-corrected chi connectivity index (χ1v) is 13.0. The molecule has 3 aromatic carbocycles. The second kappa shape index (κ2) is 11.1. The predicted octanol–water partition coefficient (Wildman–Crippen LogP) is 4.35. The summed E-state index contributed by atoms with van der Waals surface area (Å²) in [6, 6.07) is 24.5. The number of sulfonamides is 1.